The zero-order valence-electron chi connectivity index (χ0n) is 7.12. The molecule has 74 valence electrons. The summed E-state index contributed by atoms with van der Waals surface area (Å²) < 4.78 is 0. The first-order valence-corrected chi connectivity index (χ1v) is 3.87. The van der Waals surface area contributed by atoms with Crippen LogP contribution in [-0.4, -0.2) is 15.5 Å². The molecule has 1 aromatic rings. The summed E-state index contributed by atoms with van der Waals surface area (Å²) in [6.07, 6.45) is 2.39. The molecule has 0 atom stereocenters. The number of phenols is 1. The Morgan fingerprint density at radius 3 is 2.14 bits per heavy atom. The number of nitrogens with zero attached hydrogens (tertiary/aromatic N) is 2. The predicted octanol–water partition coefficient (Wildman–Crippen LogP) is 0.850. The number of aromatic hydroxyl groups is 1. The minimum Gasteiger partial charge on any atom is -0.506 e. The Labute approximate surface area is 79.6 Å². The Bertz CT molecular complexity index is 368. The average molecular weight is 195 g/mol. The lowest BCUT2D eigenvalue weighted by molar-refractivity contribution is 0.264. The van der Waals surface area contributed by atoms with Gasteiger partial charge in [0.15, 0.2) is 0 Å². The van der Waals surface area contributed by atoms with Crippen LogP contribution in [0, 0.1) is 0 Å². The maximum atomic E-state index is 9.44. The van der Waals surface area contributed by atoms with Gasteiger partial charge in [-0.05, 0) is 12.1 Å². The van der Waals surface area contributed by atoms with Crippen molar-refractivity contribution in [3.05, 3.63) is 24.5 Å². The van der Waals surface area contributed by atoms with Crippen molar-refractivity contribution in [3.63, 3.8) is 0 Å². The van der Waals surface area contributed by atoms with E-state index in [1.54, 1.807) is 0 Å². The Hall–Kier alpha value is -1.92. The van der Waals surface area contributed by atoms with Crippen molar-refractivity contribution in [2.24, 2.45) is 0 Å². The van der Waals surface area contributed by atoms with E-state index >= 15 is 0 Å². The first-order chi connectivity index (χ1) is 6.61. The normalized spacial score (nSPS) is 14.4. The molecule has 14 heavy (non-hydrogen) atoms. The highest BCUT2D eigenvalue weighted by Crippen LogP contribution is 2.42. The van der Waals surface area contributed by atoms with Crippen LogP contribution < -0.4 is 15.9 Å². The third-order valence-corrected chi connectivity index (χ3v) is 1.97. The molecule has 1 aromatic carbocycles. The van der Waals surface area contributed by atoms with Crippen molar-refractivity contribution in [1.29, 1.82) is 0 Å². The fraction of sp³-hybridized carbons (Fsp3) is 0. The zero-order chi connectivity index (χ0) is 10.3. The first kappa shape index (κ1) is 8.67. The third kappa shape index (κ3) is 1.05. The summed E-state index contributed by atoms with van der Waals surface area (Å²) in [5, 5.41) is 29.6. The molecule has 1 aliphatic heterocycles. The molecular formula is C8H9N3O3. The van der Waals surface area contributed by atoms with Crippen LogP contribution in [0.4, 0.5) is 17.1 Å². The standard InChI is InChI=1S/C8H9N3O3/c9-5-1-2-6(12)8-7(5)10(13)3-4-11(8)14/h1-4,12-14H,9H2. The van der Waals surface area contributed by atoms with Crippen molar-refractivity contribution in [2.45, 2.75) is 0 Å². The lowest BCUT2D eigenvalue weighted by Crippen LogP contribution is -2.23. The molecule has 0 fully saturated rings. The quantitative estimate of drug-likeness (QED) is 0.362. The predicted molar refractivity (Wildman–Crippen MR) is 50.2 cm³/mol. The fourth-order valence-electron chi connectivity index (χ4n) is 1.33. The Morgan fingerprint density at radius 1 is 1.00 bits per heavy atom. The van der Waals surface area contributed by atoms with E-state index in [4.69, 9.17) is 5.73 Å². The molecule has 0 bridgehead atoms. The second kappa shape index (κ2) is 2.79. The SMILES string of the molecule is Nc1ccc(O)c2c1N(O)C=CN2O. The summed E-state index contributed by atoms with van der Waals surface area (Å²) >= 11 is 0. The van der Waals surface area contributed by atoms with Crippen molar-refractivity contribution in [1.82, 2.24) is 0 Å². The van der Waals surface area contributed by atoms with E-state index in [9.17, 15) is 15.5 Å². The summed E-state index contributed by atoms with van der Waals surface area (Å²) in [5.41, 5.74) is 6.03. The van der Waals surface area contributed by atoms with Gasteiger partial charge in [0, 0.05) is 0 Å². The smallest absolute Gasteiger partial charge is 0.144 e. The van der Waals surface area contributed by atoms with Crippen LogP contribution in [0.2, 0.25) is 0 Å². The molecule has 5 N–H and O–H groups in total. The summed E-state index contributed by atoms with van der Waals surface area (Å²) in [6.45, 7) is 0. The van der Waals surface area contributed by atoms with Gasteiger partial charge in [-0.25, -0.2) is 10.1 Å². The van der Waals surface area contributed by atoms with E-state index in [0.29, 0.717) is 5.06 Å². The highest BCUT2D eigenvalue weighted by atomic mass is 16.5. The van der Waals surface area contributed by atoms with Crippen molar-refractivity contribution < 1.29 is 15.5 Å². The molecule has 0 aromatic heterocycles. The van der Waals surface area contributed by atoms with Gasteiger partial charge in [-0.3, -0.25) is 10.4 Å². The van der Waals surface area contributed by atoms with Crippen molar-refractivity contribution in [2.75, 3.05) is 15.9 Å². The molecule has 0 aliphatic carbocycles. The monoisotopic (exact) mass is 195 g/mol. The van der Waals surface area contributed by atoms with Crippen LogP contribution in [-0.2, 0) is 0 Å². The highest BCUT2D eigenvalue weighted by molar-refractivity contribution is 5.88. The van der Waals surface area contributed by atoms with E-state index in [0.717, 1.165) is 5.06 Å². The second-order valence-corrected chi connectivity index (χ2v) is 2.86. The number of hydrogen-bond acceptors (Lipinski definition) is 6. The number of nitrogens with two attached hydrogens (primary N) is 1. The number of benzene rings is 1. The van der Waals surface area contributed by atoms with Crippen LogP contribution in [0.1, 0.15) is 0 Å². The summed E-state index contributed by atoms with van der Waals surface area (Å²) in [4.78, 5) is 0. The number of nitrogen functional groups attached to an aromatic ring is 1. The maximum Gasteiger partial charge on any atom is 0.144 e. The Kier molecular flexibility index (Phi) is 1.73. The summed E-state index contributed by atoms with van der Waals surface area (Å²) in [5.74, 6) is -0.167. The number of anilines is 3. The molecule has 0 saturated carbocycles. The first-order valence-electron chi connectivity index (χ1n) is 3.87. The largest absolute Gasteiger partial charge is 0.506 e. The Morgan fingerprint density at radius 2 is 1.57 bits per heavy atom. The fourth-order valence-corrected chi connectivity index (χ4v) is 1.33. The third-order valence-electron chi connectivity index (χ3n) is 1.97. The molecule has 0 unspecified atom stereocenters. The van der Waals surface area contributed by atoms with Crippen LogP contribution in [0.5, 0.6) is 5.75 Å². The number of fused-ring (bicyclic) bond motifs is 1. The van der Waals surface area contributed by atoms with Crippen LogP contribution >= 0.6 is 0 Å². The minimum atomic E-state index is -0.167. The number of rotatable bonds is 0. The van der Waals surface area contributed by atoms with Crippen molar-refractivity contribution >= 4 is 17.1 Å². The topological polar surface area (TPSA) is 93.2 Å². The van der Waals surface area contributed by atoms with Crippen LogP contribution in [0.15, 0.2) is 24.5 Å². The zero-order valence-corrected chi connectivity index (χ0v) is 7.12. The lowest BCUT2D eigenvalue weighted by Gasteiger charge is -2.27. The van der Waals surface area contributed by atoms with Gasteiger partial charge in [0.25, 0.3) is 0 Å². The average Bonchev–Trinajstić information content (AvgIpc) is 2.16. The van der Waals surface area contributed by atoms with Gasteiger partial charge < -0.3 is 10.8 Å². The van der Waals surface area contributed by atoms with Gasteiger partial charge in [-0.1, -0.05) is 0 Å². The molecule has 0 spiro atoms. The van der Waals surface area contributed by atoms with Crippen molar-refractivity contribution in [3.8, 4) is 5.75 Å². The number of hydroxylamine groups is 2. The van der Waals surface area contributed by atoms with E-state index in [-0.39, 0.29) is 22.8 Å². The summed E-state index contributed by atoms with van der Waals surface area (Å²) in [7, 11) is 0. The van der Waals surface area contributed by atoms with E-state index in [2.05, 4.69) is 0 Å². The van der Waals surface area contributed by atoms with Gasteiger partial charge in [-0.15, -0.1) is 0 Å². The highest BCUT2D eigenvalue weighted by Gasteiger charge is 2.22. The van der Waals surface area contributed by atoms with Gasteiger partial charge in [-0.2, -0.15) is 0 Å². The van der Waals surface area contributed by atoms with Gasteiger partial charge >= 0.3 is 0 Å². The number of hydrogen-bond donors (Lipinski definition) is 4. The lowest BCUT2D eigenvalue weighted by atomic mass is 10.2. The van der Waals surface area contributed by atoms with E-state index in [1.807, 2.05) is 0 Å². The van der Waals surface area contributed by atoms with Gasteiger partial charge in [0.1, 0.15) is 17.1 Å². The molecule has 6 nitrogen and oxygen atoms in total. The molecule has 0 amide bonds. The second-order valence-electron chi connectivity index (χ2n) is 2.86. The number of phenolic OH excluding ortho intramolecular Hbond substituents is 1. The van der Waals surface area contributed by atoms with Gasteiger partial charge in [0.05, 0.1) is 18.1 Å². The molecule has 0 saturated heterocycles. The van der Waals surface area contributed by atoms with Crippen LogP contribution in [0.3, 0.4) is 0 Å². The summed E-state index contributed by atoms with van der Waals surface area (Å²) in [6, 6.07) is 2.77. The molecule has 2 rings (SSSR count). The van der Waals surface area contributed by atoms with E-state index < -0.39 is 0 Å². The molecule has 6 heteroatoms. The molecule has 1 aliphatic rings. The van der Waals surface area contributed by atoms with Crippen LogP contribution in [0.25, 0.3) is 0 Å². The maximum absolute atomic E-state index is 9.44. The van der Waals surface area contributed by atoms with Gasteiger partial charge in [0.2, 0.25) is 0 Å². The molecular weight excluding hydrogens is 186 g/mol. The minimum absolute atomic E-state index is 0.0509. The van der Waals surface area contributed by atoms with E-state index in [1.165, 1.54) is 24.5 Å². The Balaban J connectivity index is 2.69. The molecule has 1 heterocycles. The molecule has 0 radical (unpaired) electrons.